The zero-order chi connectivity index (χ0) is 13.1. The van der Waals surface area contributed by atoms with E-state index in [0.717, 1.165) is 12.8 Å². The molecule has 0 saturated carbocycles. The number of hydrogen-bond acceptors (Lipinski definition) is 4. The third-order valence-corrected chi connectivity index (χ3v) is 3.07. The van der Waals surface area contributed by atoms with Gasteiger partial charge >= 0.3 is 5.97 Å². The molecule has 0 N–H and O–H groups in total. The first kappa shape index (κ1) is 14.5. The zero-order valence-electron chi connectivity index (χ0n) is 11.5. The summed E-state index contributed by atoms with van der Waals surface area (Å²) in [5.74, 6) is -0.231. The second-order valence-corrected chi connectivity index (χ2v) is 5.54. The minimum absolute atomic E-state index is 0.178. The number of methoxy groups -OCH3 is 1. The van der Waals surface area contributed by atoms with Crippen LogP contribution in [0.3, 0.4) is 0 Å². The van der Waals surface area contributed by atoms with Crippen molar-refractivity contribution in [1.82, 2.24) is 0 Å². The van der Waals surface area contributed by atoms with Crippen molar-refractivity contribution in [2.24, 2.45) is 5.41 Å². The first-order valence-corrected chi connectivity index (χ1v) is 6.20. The molecule has 2 atom stereocenters. The normalized spacial score (nSPS) is 30.1. The minimum Gasteiger partial charge on any atom is -0.469 e. The highest BCUT2D eigenvalue weighted by molar-refractivity contribution is 5.75. The van der Waals surface area contributed by atoms with Gasteiger partial charge in [-0.15, -0.1) is 0 Å². The maximum Gasteiger partial charge on any atom is 0.313 e. The number of carbonyl (C=O) groups excluding carboxylic acids is 1. The summed E-state index contributed by atoms with van der Waals surface area (Å²) in [5.41, 5.74) is -0.584. The van der Waals surface area contributed by atoms with Crippen LogP contribution in [0.15, 0.2) is 0 Å². The highest BCUT2D eigenvalue weighted by atomic mass is 16.5. The highest BCUT2D eigenvalue weighted by Gasteiger charge is 2.32. The predicted molar refractivity (Wildman–Crippen MR) is 64.8 cm³/mol. The molecule has 0 amide bonds. The molecule has 100 valence electrons. The summed E-state index contributed by atoms with van der Waals surface area (Å²) in [4.78, 5) is 11.5. The van der Waals surface area contributed by atoms with Crippen LogP contribution >= 0.6 is 0 Å². The molecule has 1 saturated heterocycles. The van der Waals surface area contributed by atoms with Crippen LogP contribution in [0.2, 0.25) is 0 Å². The van der Waals surface area contributed by atoms with Gasteiger partial charge in [0.2, 0.25) is 0 Å². The molecular formula is C13H24O4. The Balaban J connectivity index is 2.42. The maximum atomic E-state index is 11.5. The third kappa shape index (κ3) is 4.28. The highest BCUT2D eigenvalue weighted by Crippen LogP contribution is 2.25. The number of ether oxygens (including phenoxy) is 3. The van der Waals surface area contributed by atoms with Gasteiger partial charge in [0.05, 0.1) is 37.4 Å². The van der Waals surface area contributed by atoms with Gasteiger partial charge in [0.1, 0.15) is 0 Å². The average Bonchev–Trinajstić information content (AvgIpc) is 2.24. The molecule has 0 radical (unpaired) electrons. The van der Waals surface area contributed by atoms with Crippen molar-refractivity contribution in [3.63, 3.8) is 0 Å². The van der Waals surface area contributed by atoms with Gasteiger partial charge in [0.15, 0.2) is 0 Å². The van der Waals surface area contributed by atoms with E-state index >= 15 is 0 Å². The zero-order valence-corrected chi connectivity index (χ0v) is 11.5. The van der Waals surface area contributed by atoms with Crippen LogP contribution < -0.4 is 0 Å². The van der Waals surface area contributed by atoms with Gasteiger partial charge in [-0.1, -0.05) is 0 Å². The van der Waals surface area contributed by atoms with E-state index in [1.54, 1.807) is 0 Å². The fourth-order valence-corrected chi connectivity index (χ4v) is 2.14. The van der Waals surface area contributed by atoms with Crippen molar-refractivity contribution >= 4 is 5.97 Å². The van der Waals surface area contributed by atoms with Gasteiger partial charge < -0.3 is 14.2 Å². The molecule has 1 rings (SSSR count). The van der Waals surface area contributed by atoms with Crippen LogP contribution in [0.4, 0.5) is 0 Å². The van der Waals surface area contributed by atoms with Gasteiger partial charge in [0, 0.05) is 0 Å². The first-order chi connectivity index (χ1) is 7.85. The smallest absolute Gasteiger partial charge is 0.313 e. The lowest BCUT2D eigenvalue weighted by Crippen LogP contribution is -2.38. The molecule has 0 aromatic rings. The SMILES string of the molecule is COC(=O)C(C)(C)COC1CC(C)OC(C)C1. The Kier molecular flexibility index (Phi) is 4.95. The molecule has 1 aliphatic heterocycles. The van der Waals surface area contributed by atoms with Crippen molar-refractivity contribution in [2.75, 3.05) is 13.7 Å². The molecule has 1 heterocycles. The van der Waals surface area contributed by atoms with Crippen LogP contribution in [-0.2, 0) is 19.0 Å². The molecule has 0 aliphatic carbocycles. The van der Waals surface area contributed by atoms with E-state index in [1.165, 1.54) is 7.11 Å². The standard InChI is InChI=1S/C13H24O4/c1-9-6-11(7-10(2)17-9)16-8-13(3,4)12(14)15-5/h9-11H,6-8H2,1-5H3. The van der Waals surface area contributed by atoms with E-state index in [9.17, 15) is 4.79 Å². The van der Waals surface area contributed by atoms with E-state index in [4.69, 9.17) is 14.2 Å². The van der Waals surface area contributed by atoms with Crippen molar-refractivity contribution in [3.8, 4) is 0 Å². The molecule has 0 aromatic carbocycles. The van der Waals surface area contributed by atoms with E-state index < -0.39 is 5.41 Å². The number of rotatable bonds is 4. The summed E-state index contributed by atoms with van der Waals surface area (Å²) in [7, 11) is 1.41. The molecular weight excluding hydrogens is 220 g/mol. The lowest BCUT2D eigenvalue weighted by molar-refractivity contribution is -0.159. The van der Waals surface area contributed by atoms with E-state index in [0.29, 0.717) is 6.61 Å². The quantitative estimate of drug-likeness (QED) is 0.711. The van der Waals surface area contributed by atoms with Gasteiger partial charge in [-0.2, -0.15) is 0 Å². The Morgan fingerprint density at radius 1 is 1.29 bits per heavy atom. The van der Waals surface area contributed by atoms with Crippen molar-refractivity contribution in [1.29, 1.82) is 0 Å². The van der Waals surface area contributed by atoms with E-state index in [2.05, 4.69) is 13.8 Å². The Morgan fingerprint density at radius 2 is 1.82 bits per heavy atom. The van der Waals surface area contributed by atoms with Crippen LogP contribution in [0, 0.1) is 5.41 Å². The molecule has 0 aromatic heterocycles. The summed E-state index contributed by atoms with van der Waals surface area (Å²) in [6, 6.07) is 0. The molecule has 4 heteroatoms. The lowest BCUT2D eigenvalue weighted by atomic mass is 9.94. The molecule has 1 fully saturated rings. The monoisotopic (exact) mass is 244 g/mol. The number of esters is 1. The molecule has 2 unspecified atom stereocenters. The molecule has 4 nitrogen and oxygen atoms in total. The van der Waals surface area contributed by atoms with Crippen LogP contribution in [0.25, 0.3) is 0 Å². The van der Waals surface area contributed by atoms with E-state index in [-0.39, 0.29) is 24.3 Å². The van der Waals surface area contributed by atoms with Crippen molar-refractivity contribution in [3.05, 3.63) is 0 Å². The summed E-state index contributed by atoms with van der Waals surface area (Å²) in [5, 5.41) is 0. The van der Waals surface area contributed by atoms with E-state index in [1.807, 2.05) is 13.8 Å². The molecule has 17 heavy (non-hydrogen) atoms. The second kappa shape index (κ2) is 5.83. The lowest BCUT2D eigenvalue weighted by Gasteiger charge is -2.33. The summed E-state index contributed by atoms with van der Waals surface area (Å²) in [6.07, 6.45) is 2.41. The predicted octanol–water partition coefficient (Wildman–Crippen LogP) is 2.16. The largest absolute Gasteiger partial charge is 0.469 e. The fourth-order valence-electron chi connectivity index (χ4n) is 2.14. The average molecular weight is 244 g/mol. The van der Waals surface area contributed by atoms with Crippen LogP contribution in [0.5, 0.6) is 0 Å². The Morgan fingerprint density at radius 3 is 2.29 bits per heavy atom. The van der Waals surface area contributed by atoms with Crippen LogP contribution in [-0.4, -0.2) is 38.0 Å². The Labute approximate surface area is 104 Å². The first-order valence-electron chi connectivity index (χ1n) is 6.20. The summed E-state index contributed by atoms with van der Waals surface area (Å²) in [6.45, 7) is 8.18. The maximum absolute atomic E-state index is 11.5. The van der Waals surface area contributed by atoms with Crippen molar-refractivity contribution < 1.29 is 19.0 Å². The minimum atomic E-state index is -0.584. The van der Waals surface area contributed by atoms with Gasteiger partial charge in [-0.3, -0.25) is 4.79 Å². The number of hydrogen-bond donors (Lipinski definition) is 0. The summed E-state index contributed by atoms with van der Waals surface area (Å²) < 4.78 is 16.2. The molecule has 1 aliphatic rings. The van der Waals surface area contributed by atoms with Gasteiger partial charge in [-0.05, 0) is 40.5 Å². The van der Waals surface area contributed by atoms with Gasteiger partial charge in [0.25, 0.3) is 0 Å². The Hall–Kier alpha value is -0.610. The number of carbonyl (C=O) groups is 1. The van der Waals surface area contributed by atoms with Gasteiger partial charge in [-0.25, -0.2) is 0 Å². The van der Waals surface area contributed by atoms with Crippen molar-refractivity contribution in [2.45, 2.75) is 58.8 Å². The fraction of sp³-hybridized carbons (Fsp3) is 0.923. The topological polar surface area (TPSA) is 44.8 Å². The second-order valence-electron chi connectivity index (χ2n) is 5.54. The molecule has 0 spiro atoms. The summed E-state index contributed by atoms with van der Waals surface area (Å²) >= 11 is 0. The molecule has 0 bridgehead atoms. The Bertz CT molecular complexity index is 252. The third-order valence-electron chi connectivity index (χ3n) is 3.07. The van der Waals surface area contributed by atoms with Crippen LogP contribution in [0.1, 0.15) is 40.5 Å².